The molecule has 0 saturated heterocycles. The minimum absolute atomic E-state index is 0.408. The Morgan fingerprint density at radius 2 is 1.71 bits per heavy atom. The van der Waals surface area contributed by atoms with Crippen LogP contribution >= 0.6 is 31.0 Å². The molecule has 0 heterocycles. The molecule has 0 aliphatic rings. The minimum Gasteiger partial charge on any atom is -0.489 e. The standard InChI is InChI=1S/C31H37ClNO6PS/c1-30(2,3)39-29(34)33-31(4,18-19-40(35,36)37)17-9-12-24-15-16-27(21-28(24)32)41-26-14-8-13-25(20-26)38-22-23-10-6-5-7-11-23/h5-8,10-11,13-16,18-21H,9,12,17,22H2,1-4H3,(H,33,34)(H2,35,36,37)/b19-18+. The Bertz CT molecular complexity index is 1390. The van der Waals surface area contributed by atoms with Crippen LogP contribution in [0.1, 0.15) is 51.7 Å². The van der Waals surface area contributed by atoms with E-state index in [2.05, 4.69) is 5.32 Å². The highest BCUT2D eigenvalue weighted by atomic mass is 35.5. The summed E-state index contributed by atoms with van der Waals surface area (Å²) in [6.07, 6.45) is 2.29. The van der Waals surface area contributed by atoms with Crippen LogP contribution in [0.15, 0.2) is 94.5 Å². The Kier molecular flexibility index (Phi) is 11.5. The van der Waals surface area contributed by atoms with Gasteiger partial charge in [-0.2, -0.15) is 0 Å². The molecule has 0 fully saturated rings. The lowest BCUT2D eigenvalue weighted by molar-refractivity contribution is 0.0480. The third-order valence-electron chi connectivity index (χ3n) is 5.88. The number of hydrogen-bond acceptors (Lipinski definition) is 5. The molecule has 41 heavy (non-hydrogen) atoms. The largest absolute Gasteiger partial charge is 0.489 e. The molecule has 1 amide bonds. The molecule has 3 aromatic carbocycles. The second-order valence-corrected chi connectivity index (χ2v) is 13.9. The van der Waals surface area contributed by atoms with Gasteiger partial charge >= 0.3 is 13.7 Å². The predicted octanol–water partition coefficient (Wildman–Crippen LogP) is 8.37. The maximum absolute atomic E-state index is 12.4. The van der Waals surface area contributed by atoms with Gasteiger partial charge < -0.3 is 24.6 Å². The summed E-state index contributed by atoms with van der Waals surface area (Å²) in [6, 6.07) is 23.8. The van der Waals surface area contributed by atoms with Gasteiger partial charge in [0.2, 0.25) is 0 Å². The highest BCUT2D eigenvalue weighted by molar-refractivity contribution is 7.99. The lowest BCUT2D eigenvalue weighted by atomic mass is 9.93. The Balaban J connectivity index is 1.60. The van der Waals surface area contributed by atoms with Crippen LogP contribution in [0.5, 0.6) is 5.75 Å². The fraction of sp³-hybridized carbons (Fsp3) is 0.323. The van der Waals surface area contributed by atoms with Gasteiger partial charge in [-0.25, -0.2) is 4.79 Å². The van der Waals surface area contributed by atoms with Crippen LogP contribution in [0.2, 0.25) is 5.02 Å². The quantitative estimate of drug-likeness (QED) is 0.175. The third kappa shape index (κ3) is 12.3. The molecule has 0 spiro atoms. The van der Waals surface area contributed by atoms with Gasteiger partial charge in [0.1, 0.15) is 18.0 Å². The van der Waals surface area contributed by atoms with E-state index in [1.54, 1.807) is 39.5 Å². The SMILES string of the molecule is CC(/C=C/P(=O)(O)O)(CCCc1ccc(Sc2cccc(OCc3ccccc3)c2)cc1Cl)NC(=O)OC(C)(C)C. The van der Waals surface area contributed by atoms with Crippen molar-refractivity contribution in [1.29, 1.82) is 0 Å². The summed E-state index contributed by atoms with van der Waals surface area (Å²) in [7, 11) is -4.40. The molecule has 0 aromatic heterocycles. The number of rotatable bonds is 12. The fourth-order valence-electron chi connectivity index (χ4n) is 3.93. The molecule has 0 aliphatic carbocycles. The van der Waals surface area contributed by atoms with E-state index in [1.165, 1.54) is 6.08 Å². The summed E-state index contributed by atoms with van der Waals surface area (Å²) in [6.45, 7) is 7.43. The Morgan fingerprint density at radius 3 is 2.37 bits per heavy atom. The van der Waals surface area contributed by atoms with Crippen LogP contribution in [0.4, 0.5) is 4.79 Å². The number of nitrogens with one attached hydrogen (secondary N) is 1. The molecule has 220 valence electrons. The first kappa shape index (κ1) is 32.8. The average molecular weight is 618 g/mol. The fourth-order valence-corrected chi connectivity index (χ4v) is 5.70. The van der Waals surface area contributed by atoms with Crippen molar-refractivity contribution < 1.29 is 28.6 Å². The molecule has 3 N–H and O–H groups in total. The summed E-state index contributed by atoms with van der Waals surface area (Å²) >= 11 is 8.21. The number of aryl methyl sites for hydroxylation is 1. The smallest absolute Gasteiger partial charge is 0.408 e. The molecule has 0 bridgehead atoms. The molecule has 10 heteroatoms. The van der Waals surface area contributed by atoms with Crippen molar-refractivity contribution in [3.8, 4) is 5.75 Å². The van der Waals surface area contributed by atoms with E-state index in [-0.39, 0.29) is 0 Å². The Morgan fingerprint density at radius 1 is 1.00 bits per heavy atom. The lowest BCUT2D eigenvalue weighted by Gasteiger charge is -2.30. The van der Waals surface area contributed by atoms with Crippen molar-refractivity contribution in [2.45, 2.75) is 74.5 Å². The van der Waals surface area contributed by atoms with E-state index in [1.807, 2.05) is 72.8 Å². The van der Waals surface area contributed by atoms with Crippen molar-refractivity contribution in [2.75, 3.05) is 0 Å². The minimum atomic E-state index is -4.40. The summed E-state index contributed by atoms with van der Waals surface area (Å²) in [5, 5.41) is 3.37. The molecular weight excluding hydrogens is 581 g/mol. The zero-order valence-electron chi connectivity index (χ0n) is 23.7. The first-order valence-electron chi connectivity index (χ1n) is 13.2. The molecule has 7 nitrogen and oxygen atoms in total. The van der Waals surface area contributed by atoms with Gasteiger partial charge in [0.25, 0.3) is 0 Å². The highest BCUT2D eigenvalue weighted by Gasteiger charge is 2.27. The molecule has 1 unspecified atom stereocenters. The van der Waals surface area contributed by atoms with Gasteiger partial charge in [0, 0.05) is 20.6 Å². The monoisotopic (exact) mass is 617 g/mol. The first-order valence-corrected chi connectivity index (χ1v) is 16.1. The normalized spacial score (nSPS) is 13.5. The van der Waals surface area contributed by atoms with E-state index < -0.39 is 24.8 Å². The number of amides is 1. The van der Waals surface area contributed by atoms with Crippen molar-refractivity contribution in [3.05, 3.63) is 101 Å². The number of alkyl carbamates (subject to hydrolysis) is 1. The van der Waals surface area contributed by atoms with Crippen LogP contribution in [0.3, 0.4) is 0 Å². The van der Waals surface area contributed by atoms with Gasteiger partial charge in [0.05, 0.1) is 5.54 Å². The van der Waals surface area contributed by atoms with Gasteiger partial charge in [-0.15, -0.1) is 0 Å². The van der Waals surface area contributed by atoms with Crippen molar-refractivity contribution in [3.63, 3.8) is 0 Å². The molecular formula is C31H37ClNO6PS. The van der Waals surface area contributed by atoms with E-state index in [0.29, 0.717) is 30.9 Å². The van der Waals surface area contributed by atoms with Gasteiger partial charge in [-0.3, -0.25) is 4.57 Å². The van der Waals surface area contributed by atoms with Crippen LogP contribution in [0.25, 0.3) is 0 Å². The van der Waals surface area contributed by atoms with Crippen LogP contribution in [-0.4, -0.2) is 27.0 Å². The van der Waals surface area contributed by atoms with Gasteiger partial charge in [-0.05, 0) is 88.4 Å². The maximum atomic E-state index is 12.4. The molecule has 3 rings (SSSR count). The Labute approximate surface area is 251 Å². The molecule has 1 atom stereocenters. The first-order chi connectivity index (χ1) is 19.2. The van der Waals surface area contributed by atoms with E-state index in [0.717, 1.165) is 32.5 Å². The van der Waals surface area contributed by atoms with Crippen molar-refractivity contribution in [2.24, 2.45) is 0 Å². The molecule has 0 aliphatic heterocycles. The number of carbonyl (C=O) groups excluding carboxylic acids is 1. The number of hydrogen-bond donors (Lipinski definition) is 3. The van der Waals surface area contributed by atoms with E-state index in [4.69, 9.17) is 21.1 Å². The summed E-state index contributed by atoms with van der Waals surface area (Å²) < 4.78 is 22.7. The van der Waals surface area contributed by atoms with Crippen LogP contribution in [-0.2, 0) is 22.3 Å². The van der Waals surface area contributed by atoms with Crippen molar-refractivity contribution in [1.82, 2.24) is 5.32 Å². The van der Waals surface area contributed by atoms with Crippen LogP contribution < -0.4 is 10.1 Å². The highest BCUT2D eigenvalue weighted by Crippen LogP contribution is 2.38. The van der Waals surface area contributed by atoms with Gasteiger partial charge in [0.15, 0.2) is 0 Å². The number of ether oxygens (including phenoxy) is 2. The number of halogens is 1. The van der Waals surface area contributed by atoms with Crippen LogP contribution in [0, 0.1) is 0 Å². The molecule has 3 aromatic rings. The third-order valence-corrected chi connectivity index (χ3v) is 7.75. The second-order valence-electron chi connectivity index (χ2n) is 10.9. The summed E-state index contributed by atoms with van der Waals surface area (Å²) in [4.78, 5) is 33.1. The number of benzene rings is 3. The zero-order chi connectivity index (χ0) is 30.1. The predicted molar refractivity (Wildman–Crippen MR) is 165 cm³/mol. The zero-order valence-corrected chi connectivity index (χ0v) is 26.1. The lowest BCUT2D eigenvalue weighted by Crippen LogP contribution is -2.46. The Hall–Kier alpha value is -2.74. The van der Waals surface area contributed by atoms with Crippen molar-refractivity contribution >= 4 is 37.1 Å². The molecule has 0 radical (unpaired) electrons. The molecule has 0 saturated carbocycles. The average Bonchev–Trinajstić information content (AvgIpc) is 2.87. The van der Waals surface area contributed by atoms with E-state index in [9.17, 15) is 19.1 Å². The topological polar surface area (TPSA) is 105 Å². The summed E-state index contributed by atoms with van der Waals surface area (Å²) in [5.74, 6) is 1.60. The number of carbonyl (C=O) groups is 1. The summed E-state index contributed by atoms with van der Waals surface area (Å²) in [5.41, 5.74) is 0.308. The second kappa shape index (κ2) is 14.4. The van der Waals surface area contributed by atoms with E-state index >= 15 is 0 Å². The van der Waals surface area contributed by atoms with Gasteiger partial charge in [-0.1, -0.05) is 71.9 Å². The maximum Gasteiger partial charge on any atom is 0.408 e.